The smallest absolute Gasteiger partial charge is 0.0488 e. The first-order valence-corrected chi connectivity index (χ1v) is 8.47. The summed E-state index contributed by atoms with van der Waals surface area (Å²) >= 11 is 0. The van der Waals surface area contributed by atoms with Gasteiger partial charge in [0.05, 0.1) is 0 Å². The van der Waals surface area contributed by atoms with Crippen LogP contribution < -0.4 is 0 Å². The zero-order valence-electron chi connectivity index (χ0n) is 13.3. The highest BCUT2D eigenvalue weighted by atomic mass is 15.0. The van der Waals surface area contributed by atoms with E-state index in [2.05, 4.69) is 60.0 Å². The van der Waals surface area contributed by atoms with Crippen LogP contribution in [-0.2, 0) is 19.4 Å². The number of aromatic nitrogens is 1. The van der Waals surface area contributed by atoms with E-state index in [0.717, 1.165) is 6.54 Å². The van der Waals surface area contributed by atoms with Crippen molar-refractivity contribution in [2.45, 2.75) is 45.6 Å². The zero-order valence-corrected chi connectivity index (χ0v) is 13.3. The molecule has 1 aromatic heterocycles. The summed E-state index contributed by atoms with van der Waals surface area (Å²) in [4.78, 5) is 0. The number of rotatable bonds is 2. The lowest BCUT2D eigenvalue weighted by Crippen LogP contribution is -2.05. The number of hydrogen-bond donors (Lipinski definition) is 0. The number of fused-ring (bicyclic) bond motifs is 3. The van der Waals surface area contributed by atoms with Crippen LogP contribution in [0.4, 0.5) is 0 Å². The van der Waals surface area contributed by atoms with Gasteiger partial charge >= 0.3 is 0 Å². The lowest BCUT2D eigenvalue weighted by molar-refractivity contribution is 0.688. The highest BCUT2D eigenvalue weighted by Gasteiger charge is 2.18. The van der Waals surface area contributed by atoms with E-state index in [0.29, 0.717) is 0 Å². The van der Waals surface area contributed by atoms with Crippen molar-refractivity contribution in [2.24, 2.45) is 0 Å². The maximum absolute atomic E-state index is 2.57. The third kappa shape index (κ3) is 2.35. The number of aryl methyl sites for hydroxylation is 2. The lowest BCUT2D eigenvalue weighted by atomic mass is 10.0. The van der Waals surface area contributed by atoms with Crippen molar-refractivity contribution in [2.75, 3.05) is 0 Å². The number of benzene rings is 2. The van der Waals surface area contributed by atoms with Crippen molar-refractivity contribution < 1.29 is 0 Å². The van der Waals surface area contributed by atoms with Gasteiger partial charge in [-0.2, -0.15) is 0 Å². The van der Waals surface area contributed by atoms with Gasteiger partial charge in [-0.05, 0) is 55.9 Å². The summed E-state index contributed by atoms with van der Waals surface area (Å²) in [5, 5.41) is 1.49. The molecule has 0 saturated carbocycles. The fourth-order valence-electron chi connectivity index (χ4n) is 3.87. The van der Waals surface area contributed by atoms with E-state index in [-0.39, 0.29) is 0 Å². The van der Waals surface area contributed by atoms with Gasteiger partial charge in [-0.25, -0.2) is 0 Å². The third-order valence-corrected chi connectivity index (χ3v) is 4.97. The molecule has 1 nitrogen and oxygen atoms in total. The number of nitrogens with zero attached hydrogens (tertiary/aromatic N) is 1. The molecule has 0 aliphatic heterocycles. The van der Waals surface area contributed by atoms with Gasteiger partial charge in [-0.3, -0.25) is 0 Å². The van der Waals surface area contributed by atoms with Gasteiger partial charge in [0.15, 0.2) is 0 Å². The summed E-state index contributed by atoms with van der Waals surface area (Å²) in [5.41, 5.74) is 7.39. The highest BCUT2D eigenvalue weighted by molar-refractivity contribution is 5.86. The summed E-state index contributed by atoms with van der Waals surface area (Å²) in [6, 6.07) is 17.8. The maximum atomic E-state index is 2.57. The second-order valence-electron chi connectivity index (χ2n) is 6.58. The normalized spacial score (nSPS) is 14.8. The standard InChI is InChI=1S/C21H23N/c1-16-12-13-21-19(14-16)18-10-6-3-7-11-20(18)22(21)15-17-8-4-2-5-9-17/h2,4-5,8-9,12-14H,3,6-7,10-11,15H2,1H3. The molecule has 22 heavy (non-hydrogen) atoms. The first kappa shape index (κ1) is 13.6. The first-order chi connectivity index (χ1) is 10.8. The highest BCUT2D eigenvalue weighted by Crippen LogP contribution is 2.32. The third-order valence-electron chi connectivity index (χ3n) is 4.97. The summed E-state index contributed by atoms with van der Waals surface area (Å²) < 4.78 is 2.57. The Bertz CT molecular complexity index is 796. The Kier molecular flexibility index (Phi) is 3.49. The van der Waals surface area contributed by atoms with Gasteiger partial charge in [0.2, 0.25) is 0 Å². The van der Waals surface area contributed by atoms with Crippen LogP contribution in [0, 0.1) is 6.92 Å². The van der Waals surface area contributed by atoms with Gasteiger partial charge in [-0.15, -0.1) is 0 Å². The molecule has 0 amide bonds. The largest absolute Gasteiger partial charge is 0.340 e. The van der Waals surface area contributed by atoms with E-state index in [1.807, 2.05) is 0 Å². The van der Waals surface area contributed by atoms with Crippen LogP contribution in [0.1, 0.15) is 41.6 Å². The fourth-order valence-corrected chi connectivity index (χ4v) is 3.87. The molecular weight excluding hydrogens is 266 g/mol. The number of hydrogen-bond acceptors (Lipinski definition) is 0. The average molecular weight is 289 g/mol. The quantitative estimate of drug-likeness (QED) is 0.567. The van der Waals surface area contributed by atoms with Gasteiger partial charge in [0.1, 0.15) is 0 Å². The second kappa shape index (κ2) is 5.64. The molecule has 0 spiro atoms. The van der Waals surface area contributed by atoms with E-state index in [1.165, 1.54) is 54.1 Å². The van der Waals surface area contributed by atoms with Crippen molar-refractivity contribution in [3.05, 3.63) is 70.9 Å². The van der Waals surface area contributed by atoms with Crippen molar-refractivity contribution in [1.29, 1.82) is 0 Å². The zero-order chi connectivity index (χ0) is 14.9. The van der Waals surface area contributed by atoms with E-state index in [9.17, 15) is 0 Å². The minimum Gasteiger partial charge on any atom is -0.340 e. The Morgan fingerprint density at radius 1 is 0.909 bits per heavy atom. The summed E-state index contributed by atoms with van der Waals surface area (Å²) in [5.74, 6) is 0. The van der Waals surface area contributed by atoms with E-state index >= 15 is 0 Å². The Labute approximate surface area is 132 Å². The molecule has 0 bridgehead atoms. The van der Waals surface area contributed by atoms with Crippen LogP contribution in [0.2, 0.25) is 0 Å². The second-order valence-corrected chi connectivity index (χ2v) is 6.58. The van der Waals surface area contributed by atoms with E-state index < -0.39 is 0 Å². The minimum absolute atomic E-state index is 0.996. The predicted molar refractivity (Wildman–Crippen MR) is 93.5 cm³/mol. The Morgan fingerprint density at radius 2 is 1.73 bits per heavy atom. The monoisotopic (exact) mass is 289 g/mol. The molecule has 0 N–H and O–H groups in total. The Morgan fingerprint density at radius 3 is 2.59 bits per heavy atom. The molecule has 0 fully saturated rings. The van der Waals surface area contributed by atoms with Crippen LogP contribution in [0.3, 0.4) is 0 Å². The van der Waals surface area contributed by atoms with Gasteiger partial charge in [0.25, 0.3) is 0 Å². The van der Waals surface area contributed by atoms with Crippen LogP contribution in [0.15, 0.2) is 48.5 Å². The minimum atomic E-state index is 0.996. The Hall–Kier alpha value is -2.02. The van der Waals surface area contributed by atoms with Crippen molar-refractivity contribution in [3.63, 3.8) is 0 Å². The van der Waals surface area contributed by atoms with Gasteiger partial charge in [0, 0.05) is 23.1 Å². The molecule has 2 aromatic carbocycles. The molecular formula is C21H23N. The molecule has 0 atom stereocenters. The lowest BCUT2D eigenvalue weighted by Gasteiger charge is -2.11. The molecule has 1 heteroatoms. The first-order valence-electron chi connectivity index (χ1n) is 8.47. The molecule has 112 valence electrons. The topological polar surface area (TPSA) is 4.93 Å². The molecule has 1 heterocycles. The van der Waals surface area contributed by atoms with Crippen LogP contribution in [0.25, 0.3) is 10.9 Å². The molecule has 1 aliphatic carbocycles. The van der Waals surface area contributed by atoms with Crippen molar-refractivity contribution in [3.8, 4) is 0 Å². The van der Waals surface area contributed by atoms with Crippen LogP contribution in [-0.4, -0.2) is 4.57 Å². The fraction of sp³-hybridized carbons (Fsp3) is 0.333. The Balaban J connectivity index is 1.90. The van der Waals surface area contributed by atoms with Gasteiger partial charge in [-0.1, -0.05) is 48.4 Å². The molecule has 0 unspecified atom stereocenters. The maximum Gasteiger partial charge on any atom is 0.0488 e. The molecule has 3 aromatic rings. The molecule has 4 rings (SSSR count). The van der Waals surface area contributed by atoms with E-state index in [1.54, 1.807) is 11.3 Å². The SMILES string of the molecule is Cc1ccc2c(c1)c1c(n2Cc2ccccc2)CCCCC1. The summed E-state index contributed by atoms with van der Waals surface area (Å²) in [6.07, 6.45) is 6.52. The van der Waals surface area contributed by atoms with Crippen molar-refractivity contribution >= 4 is 10.9 Å². The van der Waals surface area contributed by atoms with Crippen LogP contribution >= 0.6 is 0 Å². The van der Waals surface area contributed by atoms with Crippen LogP contribution in [0.5, 0.6) is 0 Å². The summed E-state index contributed by atoms with van der Waals surface area (Å²) in [7, 11) is 0. The molecule has 0 radical (unpaired) electrons. The molecule has 1 aliphatic rings. The summed E-state index contributed by atoms with van der Waals surface area (Å²) in [6.45, 7) is 3.20. The van der Waals surface area contributed by atoms with Crippen molar-refractivity contribution in [1.82, 2.24) is 4.57 Å². The van der Waals surface area contributed by atoms with Gasteiger partial charge < -0.3 is 4.57 Å². The average Bonchev–Trinajstić information content (AvgIpc) is 2.70. The van der Waals surface area contributed by atoms with E-state index in [4.69, 9.17) is 0 Å². The molecule has 0 saturated heterocycles. The predicted octanol–water partition coefficient (Wildman–Crippen LogP) is 5.27.